The van der Waals surface area contributed by atoms with Crippen LogP contribution >= 0.6 is 15.9 Å². The van der Waals surface area contributed by atoms with Gasteiger partial charge in [0.2, 0.25) is 0 Å². The van der Waals surface area contributed by atoms with Gasteiger partial charge in [-0.15, -0.1) is 0 Å². The molecule has 0 bridgehead atoms. The minimum atomic E-state index is -3.36. The lowest BCUT2D eigenvalue weighted by molar-refractivity contribution is 0.0709. The van der Waals surface area contributed by atoms with Gasteiger partial charge in [-0.25, -0.2) is 8.42 Å². The molecule has 1 aliphatic rings. The Morgan fingerprint density at radius 2 is 2.15 bits per heavy atom. The van der Waals surface area contributed by atoms with Crippen LogP contribution in [0, 0.1) is 0 Å². The van der Waals surface area contributed by atoms with Gasteiger partial charge >= 0.3 is 0 Å². The highest BCUT2D eigenvalue weighted by atomic mass is 79.9. The lowest BCUT2D eigenvalue weighted by atomic mass is 10.1. The molecule has 110 valence electrons. The van der Waals surface area contributed by atoms with Gasteiger partial charge in [0.15, 0.2) is 9.84 Å². The first-order chi connectivity index (χ1) is 9.29. The molecule has 20 heavy (non-hydrogen) atoms. The molecule has 0 saturated carbocycles. The Bertz CT molecular complexity index is 631. The molecule has 0 radical (unpaired) electrons. The summed E-state index contributed by atoms with van der Waals surface area (Å²) in [5, 5.41) is 3.27. The highest BCUT2D eigenvalue weighted by Gasteiger charge is 2.23. The zero-order valence-electron chi connectivity index (χ0n) is 11.4. The number of halogens is 1. The van der Waals surface area contributed by atoms with Gasteiger partial charge in [0.05, 0.1) is 4.90 Å². The van der Waals surface area contributed by atoms with Crippen molar-refractivity contribution in [3.8, 4) is 0 Å². The third kappa shape index (κ3) is 3.39. The molecular formula is C13H17BrN2O3S. The lowest BCUT2D eigenvalue weighted by Crippen LogP contribution is -2.51. The molecule has 1 aliphatic heterocycles. The molecule has 0 unspecified atom stereocenters. The predicted molar refractivity (Wildman–Crippen MR) is 80.6 cm³/mol. The van der Waals surface area contributed by atoms with Crippen LogP contribution in [0.25, 0.3) is 0 Å². The van der Waals surface area contributed by atoms with Gasteiger partial charge in [0, 0.05) is 42.0 Å². The molecule has 1 N–H and O–H groups in total. The van der Waals surface area contributed by atoms with E-state index in [0.29, 0.717) is 23.1 Å². The average molecular weight is 361 g/mol. The van der Waals surface area contributed by atoms with Crippen molar-refractivity contribution >= 4 is 31.7 Å². The molecule has 1 fully saturated rings. The van der Waals surface area contributed by atoms with Crippen LogP contribution in [0.5, 0.6) is 0 Å². The standard InChI is InChI=1S/C13H17BrN2O3S/c1-9-8-16(6-5-15-9)13(17)10-3-4-11(14)12(7-10)20(2,18)19/h3-4,7,9,15H,5-6,8H2,1-2H3/t9-/m1/s1. The van der Waals surface area contributed by atoms with Gasteiger partial charge in [0.1, 0.15) is 0 Å². The highest BCUT2D eigenvalue weighted by Crippen LogP contribution is 2.24. The lowest BCUT2D eigenvalue weighted by Gasteiger charge is -2.32. The average Bonchev–Trinajstić information content (AvgIpc) is 2.37. The molecule has 1 amide bonds. The Kier molecular flexibility index (Phi) is 4.51. The maximum Gasteiger partial charge on any atom is 0.253 e. The van der Waals surface area contributed by atoms with Crippen molar-refractivity contribution in [1.29, 1.82) is 0 Å². The first-order valence-corrected chi connectivity index (χ1v) is 9.00. The topological polar surface area (TPSA) is 66.5 Å². The van der Waals surface area contributed by atoms with Crippen LogP contribution in [0.2, 0.25) is 0 Å². The van der Waals surface area contributed by atoms with E-state index in [1.54, 1.807) is 17.0 Å². The highest BCUT2D eigenvalue weighted by molar-refractivity contribution is 9.10. The van der Waals surface area contributed by atoms with Crippen molar-refractivity contribution in [2.45, 2.75) is 17.9 Å². The second-order valence-electron chi connectivity index (χ2n) is 5.02. The largest absolute Gasteiger partial charge is 0.336 e. The van der Waals surface area contributed by atoms with Crippen LogP contribution in [0.15, 0.2) is 27.6 Å². The normalized spacial score (nSPS) is 19.9. The zero-order valence-corrected chi connectivity index (χ0v) is 13.8. The summed E-state index contributed by atoms with van der Waals surface area (Å²) in [5.74, 6) is -0.129. The maximum atomic E-state index is 12.4. The van der Waals surface area contributed by atoms with Crippen LogP contribution in [-0.2, 0) is 9.84 Å². The summed E-state index contributed by atoms with van der Waals surface area (Å²) < 4.78 is 23.9. The van der Waals surface area contributed by atoms with E-state index in [4.69, 9.17) is 0 Å². The molecule has 0 aliphatic carbocycles. The molecule has 1 atom stereocenters. The third-order valence-electron chi connectivity index (χ3n) is 3.23. The number of carbonyl (C=O) groups excluding carboxylic acids is 1. The summed E-state index contributed by atoms with van der Waals surface area (Å²) >= 11 is 3.21. The molecule has 0 aromatic heterocycles. The smallest absolute Gasteiger partial charge is 0.253 e. The van der Waals surface area contributed by atoms with Gasteiger partial charge < -0.3 is 10.2 Å². The summed E-state index contributed by atoms with van der Waals surface area (Å²) in [6.45, 7) is 4.03. The summed E-state index contributed by atoms with van der Waals surface area (Å²) in [7, 11) is -3.36. The van der Waals surface area contributed by atoms with E-state index in [2.05, 4.69) is 21.2 Å². The molecule has 1 saturated heterocycles. The third-order valence-corrected chi connectivity index (χ3v) is 5.32. The van der Waals surface area contributed by atoms with Crippen molar-refractivity contribution in [3.63, 3.8) is 0 Å². The number of hydrogen-bond donors (Lipinski definition) is 1. The van der Waals surface area contributed by atoms with Crippen LogP contribution in [0.1, 0.15) is 17.3 Å². The summed E-state index contributed by atoms with van der Waals surface area (Å²) in [5.41, 5.74) is 0.405. The van der Waals surface area contributed by atoms with Crippen molar-refractivity contribution in [3.05, 3.63) is 28.2 Å². The van der Waals surface area contributed by atoms with Gasteiger partial charge in [-0.2, -0.15) is 0 Å². The first kappa shape index (κ1) is 15.5. The number of benzene rings is 1. The van der Waals surface area contributed by atoms with Crippen LogP contribution in [0.4, 0.5) is 0 Å². The SMILES string of the molecule is C[C@@H]1CN(C(=O)c2ccc(Br)c(S(C)(=O)=O)c2)CCN1. The Morgan fingerprint density at radius 3 is 2.75 bits per heavy atom. The van der Waals surface area contributed by atoms with E-state index < -0.39 is 9.84 Å². The number of sulfone groups is 1. The minimum Gasteiger partial charge on any atom is -0.336 e. The van der Waals surface area contributed by atoms with E-state index in [9.17, 15) is 13.2 Å². The number of rotatable bonds is 2. The Labute approximate surface area is 127 Å². The number of nitrogens with one attached hydrogen (secondary N) is 1. The predicted octanol–water partition coefficient (Wildman–Crippen LogP) is 1.29. The van der Waals surface area contributed by atoms with Crippen molar-refractivity contribution < 1.29 is 13.2 Å². The zero-order chi connectivity index (χ0) is 14.9. The number of carbonyl (C=O) groups is 1. The molecule has 1 aromatic rings. The number of nitrogens with zero attached hydrogens (tertiary/aromatic N) is 1. The molecule has 0 spiro atoms. The Morgan fingerprint density at radius 1 is 1.45 bits per heavy atom. The number of piperazine rings is 1. The molecular weight excluding hydrogens is 344 g/mol. The first-order valence-electron chi connectivity index (χ1n) is 6.31. The minimum absolute atomic E-state index is 0.129. The molecule has 2 rings (SSSR count). The number of amides is 1. The van der Waals surface area contributed by atoms with Crippen LogP contribution in [0.3, 0.4) is 0 Å². The second-order valence-corrected chi connectivity index (χ2v) is 7.86. The maximum absolute atomic E-state index is 12.4. The fourth-order valence-corrected chi connectivity index (χ4v) is 4.11. The van der Waals surface area contributed by atoms with E-state index in [1.807, 2.05) is 6.92 Å². The molecule has 5 nitrogen and oxygen atoms in total. The molecule has 7 heteroatoms. The monoisotopic (exact) mass is 360 g/mol. The summed E-state index contributed by atoms with van der Waals surface area (Å²) in [4.78, 5) is 14.3. The van der Waals surface area contributed by atoms with E-state index in [0.717, 1.165) is 12.8 Å². The molecule has 1 aromatic carbocycles. The van der Waals surface area contributed by atoms with E-state index >= 15 is 0 Å². The molecule has 1 heterocycles. The number of hydrogen-bond acceptors (Lipinski definition) is 4. The van der Waals surface area contributed by atoms with Gasteiger partial charge in [-0.05, 0) is 41.1 Å². The van der Waals surface area contributed by atoms with Crippen LogP contribution in [-0.4, -0.2) is 51.2 Å². The Balaban J connectivity index is 2.31. The van der Waals surface area contributed by atoms with Gasteiger partial charge in [0.25, 0.3) is 5.91 Å². The van der Waals surface area contributed by atoms with Crippen molar-refractivity contribution in [1.82, 2.24) is 10.2 Å². The van der Waals surface area contributed by atoms with Gasteiger partial charge in [-0.3, -0.25) is 4.79 Å². The Hall–Kier alpha value is -0.920. The van der Waals surface area contributed by atoms with E-state index in [-0.39, 0.29) is 16.8 Å². The van der Waals surface area contributed by atoms with Crippen LogP contribution < -0.4 is 5.32 Å². The fraction of sp³-hybridized carbons (Fsp3) is 0.462. The fourth-order valence-electron chi connectivity index (χ4n) is 2.22. The quantitative estimate of drug-likeness (QED) is 0.862. The summed E-state index contributed by atoms with van der Waals surface area (Å²) in [6.07, 6.45) is 1.13. The van der Waals surface area contributed by atoms with E-state index in [1.165, 1.54) is 6.07 Å². The summed E-state index contributed by atoms with van der Waals surface area (Å²) in [6, 6.07) is 4.94. The second kappa shape index (κ2) is 5.83. The van der Waals surface area contributed by atoms with Crippen molar-refractivity contribution in [2.75, 3.05) is 25.9 Å². The van der Waals surface area contributed by atoms with Gasteiger partial charge in [-0.1, -0.05) is 0 Å². The van der Waals surface area contributed by atoms with Crippen molar-refractivity contribution in [2.24, 2.45) is 0 Å².